The van der Waals surface area contributed by atoms with Crippen LogP contribution in [0.15, 0.2) is 12.1 Å². The van der Waals surface area contributed by atoms with E-state index in [0.717, 1.165) is 19.0 Å². The first-order chi connectivity index (χ1) is 11.2. The first kappa shape index (κ1) is 16.1. The normalized spacial score (nSPS) is 21.5. The van der Waals surface area contributed by atoms with E-state index in [9.17, 15) is 4.79 Å². The molecule has 0 radical (unpaired) electrons. The second kappa shape index (κ2) is 7.23. The van der Waals surface area contributed by atoms with Gasteiger partial charge in [0.1, 0.15) is 0 Å². The number of carbonyl (C=O) groups excluding carboxylic acids is 1. The summed E-state index contributed by atoms with van der Waals surface area (Å²) in [6.07, 6.45) is 2.75. The number of hydrogen-bond acceptors (Lipinski definition) is 6. The predicted molar refractivity (Wildman–Crippen MR) is 84.4 cm³/mol. The van der Waals surface area contributed by atoms with Gasteiger partial charge in [-0.3, -0.25) is 4.79 Å². The Balaban J connectivity index is 1.54. The average Bonchev–Trinajstić information content (AvgIpc) is 3.38. The van der Waals surface area contributed by atoms with Crippen LogP contribution in [0.3, 0.4) is 0 Å². The van der Waals surface area contributed by atoms with E-state index in [-0.39, 0.29) is 12.0 Å². The van der Waals surface area contributed by atoms with Gasteiger partial charge in [-0.2, -0.15) is 0 Å². The Bertz CT molecular complexity index is 533. The molecule has 1 aromatic heterocycles. The van der Waals surface area contributed by atoms with Crippen molar-refractivity contribution in [3.8, 4) is 5.88 Å². The maximum atomic E-state index is 12.5. The fourth-order valence-corrected chi connectivity index (χ4v) is 2.88. The van der Waals surface area contributed by atoms with Crippen molar-refractivity contribution >= 4 is 5.91 Å². The average molecular weight is 320 g/mol. The van der Waals surface area contributed by atoms with Crippen LogP contribution >= 0.6 is 0 Å². The van der Waals surface area contributed by atoms with Gasteiger partial charge in [0.05, 0.1) is 19.8 Å². The molecule has 1 aliphatic heterocycles. The first-order valence-corrected chi connectivity index (χ1v) is 8.13. The maximum Gasteiger partial charge on any atom is 0.274 e. The molecule has 1 aromatic rings. The molecule has 0 bridgehead atoms. The quantitative estimate of drug-likeness (QED) is 0.767. The fourth-order valence-electron chi connectivity index (χ4n) is 2.88. The monoisotopic (exact) mass is 320 g/mol. The highest BCUT2D eigenvalue weighted by Crippen LogP contribution is 2.29. The summed E-state index contributed by atoms with van der Waals surface area (Å²) in [4.78, 5) is 16.6. The number of carbonyl (C=O) groups is 1. The lowest BCUT2D eigenvalue weighted by Gasteiger charge is -2.34. The summed E-state index contributed by atoms with van der Waals surface area (Å²) in [5, 5.41) is 7.80. The van der Waals surface area contributed by atoms with E-state index in [1.807, 2.05) is 0 Å². The molecule has 0 aromatic carbocycles. The number of methoxy groups -OCH3 is 1. The van der Waals surface area contributed by atoms with E-state index in [0.29, 0.717) is 31.3 Å². The van der Waals surface area contributed by atoms with Gasteiger partial charge in [-0.15, -0.1) is 10.2 Å². The highest BCUT2D eigenvalue weighted by Gasteiger charge is 2.28. The summed E-state index contributed by atoms with van der Waals surface area (Å²) in [7, 11) is 3.65. The number of aromatic nitrogens is 2. The summed E-state index contributed by atoms with van der Waals surface area (Å²) in [6, 6.07) is 3.30. The Morgan fingerprint density at radius 3 is 2.87 bits per heavy atom. The minimum Gasteiger partial charge on any atom is -0.480 e. The van der Waals surface area contributed by atoms with Crippen molar-refractivity contribution in [2.75, 3.05) is 46.9 Å². The summed E-state index contributed by atoms with van der Waals surface area (Å²) in [5.41, 5.74) is 0.345. The van der Waals surface area contributed by atoms with Crippen molar-refractivity contribution in [1.29, 1.82) is 0 Å². The van der Waals surface area contributed by atoms with Gasteiger partial charge in [-0.05, 0) is 31.9 Å². The molecule has 1 saturated carbocycles. The molecule has 1 aliphatic carbocycles. The van der Waals surface area contributed by atoms with Gasteiger partial charge in [0, 0.05) is 32.2 Å². The number of ether oxygens (including phenoxy) is 2. The van der Waals surface area contributed by atoms with Crippen LogP contribution in [0.1, 0.15) is 23.3 Å². The Hall–Kier alpha value is -1.73. The Kier molecular flexibility index (Phi) is 5.07. The molecule has 1 unspecified atom stereocenters. The SMILES string of the molecule is COc1ccc(C(=O)N2CCOC(CN(C)CC3CC3)C2)nn1. The first-order valence-electron chi connectivity index (χ1n) is 8.13. The topological polar surface area (TPSA) is 67.8 Å². The van der Waals surface area contributed by atoms with Gasteiger partial charge in [0.15, 0.2) is 5.69 Å². The smallest absolute Gasteiger partial charge is 0.274 e. The molecule has 0 N–H and O–H groups in total. The summed E-state index contributed by atoms with van der Waals surface area (Å²) < 4.78 is 10.8. The molecule has 126 valence electrons. The molecular formula is C16H24N4O3. The van der Waals surface area contributed by atoms with Crippen molar-refractivity contribution in [2.24, 2.45) is 5.92 Å². The maximum absolute atomic E-state index is 12.5. The largest absolute Gasteiger partial charge is 0.480 e. The Labute approximate surface area is 136 Å². The van der Waals surface area contributed by atoms with Gasteiger partial charge in [-0.1, -0.05) is 0 Å². The summed E-state index contributed by atoms with van der Waals surface area (Å²) >= 11 is 0. The van der Waals surface area contributed by atoms with E-state index in [1.54, 1.807) is 17.0 Å². The molecule has 0 spiro atoms. The van der Waals surface area contributed by atoms with Crippen LogP contribution in [0, 0.1) is 5.92 Å². The number of likely N-dealkylation sites (N-methyl/N-ethyl adjacent to an activating group) is 1. The molecular weight excluding hydrogens is 296 g/mol. The molecule has 2 aliphatic rings. The zero-order chi connectivity index (χ0) is 16.2. The van der Waals surface area contributed by atoms with Gasteiger partial charge >= 0.3 is 0 Å². The standard InChI is InChI=1S/C16H24N4O3/c1-19(9-12-3-4-12)10-13-11-20(7-8-23-13)16(21)14-5-6-15(22-2)18-17-14/h5-6,12-13H,3-4,7-11H2,1-2H3. The van der Waals surface area contributed by atoms with Crippen LogP contribution in [-0.2, 0) is 4.74 Å². The van der Waals surface area contributed by atoms with Crippen LogP contribution in [-0.4, -0.2) is 79.0 Å². The van der Waals surface area contributed by atoms with E-state index in [2.05, 4.69) is 22.1 Å². The Morgan fingerprint density at radius 2 is 2.22 bits per heavy atom. The number of rotatable bonds is 6. The molecule has 1 saturated heterocycles. The van der Waals surface area contributed by atoms with Crippen LogP contribution in [0.4, 0.5) is 0 Å². The highest BCUT2D eigenvalue weighted by molar-refractivity contribution is 5.92. The van der Waals surface area contributed by atoms with E-state index < -0.39 is 0 Å². The zero-order valence-corrected chi connectivity index (χ0v) is 13.8. The van der Waals surface area contributed by atoms with Crippen molar-refractivity contribution < 1.29 is 14.3 Å². The van der Waals surface area contributed by atoms with E-state index in [4.69, 9.17) is 9.47 Å². The number of hydrogen-bond donors (Lipinski definition) is 0. The van der Waals surface area contributed by atoms with Gasteiger partial charge in [-0.25, -0.2) is 0 Å². The van der Waals surface area contributed by atoms with Gasteiger partial charge in [0.25, 0.3) is 5.91 Å². The molecule has 7 nitrogen and oxygen atoms in total. The minimum absolute atomic E-state index is 0.0580. The van der Waals surface area contributed by atoms with E-state index >= 15 is 0 Å². The summed E-state index contributed by atoms with van der Waals surface area (Å²) in [5.74, 6) is 1.16. The van der Waals surface area contributed by atoms with E-state index in [1.165, 1.54) is 20.0 Å². The van der Waals surface area contributed by atoms with Crippen molar-refractivity contribution in [3.63, 3.8) is 0 Å². The third kappa shape index (κ3) is 4.39. The van der Waals surface area contributed by atoms with Crippen LogP contribution in [0.2, 0.25) is 0 Å². The molecule has 7 heteroatoms. The number of amides is 1. The number of nitrogens with zero attached hydrogens (tertiary/aromatic N) is 4. The lowest BCUT2D eigenvalue weighted by Crippen LogP contribution is -2.49. The predicted octanol–water partition coefficient (Wildman–Crippen LogP) is 0.668. The molecule has 1 atom stereocenters. The van der Waals surface area contributed by atoms with Crippen LogP contribution < -0.4 is 4.74 Å². The molecule has 2 heterocycles. The van der Waals surface area contributed by atoms with Crippen molar-refractivity contribution in [2.45, 2.75) is 18.9 Å². The minimum atomic E-state index is -0.0988. The zero-order valence-electron chi connectivity index (χ0n) is 13.8. The lowest BCUT2D eigenvalue weighted by molar-refractivity contribution is -0.0335. The van der Waals surface area contributed by atoms with Gasteiger partial charge < -0.3 is 19.3 Å². The third-order valence-corrected chi connectivity index (χ3v) is 4.28. The van der Waals surface area contributed by atoms with Crippen molar-refractivity contribution in [1.82, 2.24) is 20.0 Å². The molecule has 1 amide bonds. The van der Waals surface area contributed by atoms with Crippen molar-refractivity contribution in [3.05, 3.63) is 17.8 Å². The summed E-state index contributed by atoms with van der Waals surface area (Å²) in [6.45, 7) is 3.74. The highest BCUT2D eigenvalue weighted by atomic mass is 16.5. The second-order valence-corrected chi connectivity index (χ2v) is 6.37. The number of morpholine rings is 1. The van der Waals surface area contributed by atoms with Crippen LogP contribution in [0.25, 0.3) is 0 Å². The second-order valence-electron chi connectivity index (χ2n) is 6.37. The fraction of sp³-hybridized carbons (Fsp3) is 0.688. The van der Waals surface area contributed by atoms with Gasteiger partial charge in [0.2, 0.25) is 5.88 Å². The Morgan fingerprint density at radius 1 is 1.39 bits per heavy atom. The lowest BCUT2D eigenvalue weighted by atomic mass is 10.2. The van der Waals surface area contributed by atoms with Crippen LogP contribution in [0.5, 0.6) is 5.88 Å². The molecule has 3 rings (SSSR count). The molecule has 2 fully saturated rings. The molecule has 23 heavy (non-hydrogen) atoms. The third-order valence-electron chi connectivity index (χ3n) is 4.28.